The van der Waals surface area contributed by atoms with Crippen molar-refractivity contribution in [3.8, 4) is 0 Å². The summed E-state index contributed by atoms with van der Waals surface area (Å²) in [5, 5.41) is 19.0. The van der Waals surface area contributed by atoms with E-state index in [0.717, 1.165) is 68.1 Å². The van der Waals surface area contributed by atoms with E-state index in [1.54, 1.807) is 6.20 Å². The van der Waals surface area contributed by atoms with Gasteiger partial charge < -0.3 is 9.84 Å². The molecule has 0 aromatic carbocycles. The molecule has 0 spiro atoms. The van der Waals surface area contributed by atoms with E-state index in [-0.39, 0.29) is 5.41 Å². The molecule has 6 rings (SSSR count). The zero-order valence-corrected chi connectivity index (χ0v) is 18.8. The van der Waals surface area contributed by atoms with Gasteiger partial charge in [0.2, 0.25) is 0 Å². The fourth-order valence-corrected chi connectivity index (χ4v) is 9.49. The zero-order chi connectivity index (χ0) is 20.6. The quantitative estimate of drug-likeness (QED) is 0.802. The van der Waals surface area contributed by atoms with Gasteiger partial charge in [0.1, 0.15) is 0 Å². The molecule has 8 atom stereocenters. The Morgan fingerprint density at radius 1 is 1.00 bits per heavy atom. The molecule has 5 fully saturated rings. The van der Waals surface area contributed by atoms with Crippen LogP contribution < -0.4 is 0 Å². The summed E-state index contributed by atoms with van der Waals surface area (Å²) in [5.41, 5.74) is 0.302. The van der Waals surface area contributed by atoms with E-state index >= 15 is 0 Å². The van der Waals surface area contributed by atoms with Crippen molar-refractivity contribution in [3.05, 3.63) is 12.4 Å². The van der Waals surface area contributed by atoms with E-state index < -0.39 is 5.60 Å². The van der Waals surface area contributed by atoms with Crippen molar-refractivity contribution in [2.75, 3.05) is 13.2 Å². The topological polar surface area (TPSA) is 60.2 Å². The molecule has 5 heteroatoms. The van der Waals surface area contributed by atoms with Gasteiger partial charge in [-0.2, -0.15) is 0 Å². The lowest BCUT2D eigenvalue weighted by Gasteiger charge is -2.59. The number of nitrogens with zero attached hydrogens (tertiary/aromatic N) is 3. The first kappa shape index (κ1) is 19.7. The molecule has 0 bridgehead atoms. The number of rotatable bonds is 3. The van der Waals surface area contributed by atoms with Crippen molar-refractivity contribution in [2.45, 2.75) is 83.8 Å². The average molecular weight is 414 g/mol. The van der Waals surface area contributed by atoms with Crippen LogP contribution in [-0.4, -0.2) is 38.9 Å². The summed E-state index contributed by atoms with van der Waals surface area (Å²) in [7, 11) is 0. The van der Waals surface area contributed by atoms with Gasteiger partial charge in [-0.05, 0) is 106 Å². The molecule has 4 saturated carbocycles. The highest BCUT2D eigenvalue weighted by atomic mass is 16.5. The van der Waals surface area contributed by atoms with Crippen LogP contribution in [0.3, 0.4) is 0 Å². The zero-order valence-electron chi connectivity index (χ0n) is 18.8. The molecule has 5 aliphatic rings. The van der Waals surface area contributed by atoms with Crippen LogP contribution in [0.5, 0.6) is 0 Å². The van der Waals surface area contributed by atoms with Crippen LogP contribution in [0.25, 0.3) is 0 Å². The third-order valence-electron chi connectivity index (χ3n) is 10.7. The molecule has 30 heavy (non-hydrogen) atoms. The van der Waals surface area contributed by atoms with Crippen molar-refractivity contribution in [2.24, 2.45) is 46.3 Å². The van der Waals surface area contributed by atoms with Crippen LogP contribution >= 0.6 is 0 Å². The van der Waals surface area contributed by atoms with Gasteiger partial charge in [0.25, 0.3) is 0 Å². The van der Waals surface area contributed by atoms with E-state index in [1.807, 2.05) is 10.9 Å². The second-order valence-electron chi connectivity index (χ2n) is 12.3. The summed E-state index contributed by atoms with van der Waals surface area (Å²) in [4.78, 5) is 0. The average Bonchev–Trinajstić information content (AvgIpc) is 3.31. The summed E-state index contributed by atoms with van der Waals surface area (Å²) < 4.78 is 7.88. The number of aromatic nitrogens is 3. The molecular formula is C25H39N3O2. The Bertz CT molecular complexity index is 773. The number of hydrogen-bond donors (Lipinski definition) is 1. The van der Waals surface area contributed by atoms with Gasteiger partial charge in [0.05, 0.1) is 31.6 Å². The van der Waals surface area contributed by atoms with Gasteiger partial charge >= 0.3 is 0 Å². The minimum Gasteiger partial charge on any atom is -0.390 e. The fraction of sp³-hybridized carbons (Fsp3) is 0.920. The van der Waals surface area contributed by atoms with Gasteiger partial charge in [0, 0.05) is 11.6 Å². The number of fused-ring (bicyclic) bond motifs is 5. The maximum atomic E-state index is 10.6. The van der Waals surface area contributed by atoms with Crippen LogP contribution in [0.4, 0.5) is 0 Å². The third kappa shape index (κ3) is 2.87. The monoisotopic (exact) mass is 413 g/mol. The first-order valence-corrected chi connectivity index (χ1v) is 12.5. The lowest BCUT2D eigenvalue weighted by atomic mass is 9.47. The van der Waals surface area contributed by atoms with Crippen LogP contribution in [0.15, 0.2) is 12.4 Å². The molecule has 8 unspecified atom stereocenters. The minimum absolute atomic E-state index is 0.255. The lowest BCUT2D eigenvalue weighted by Crippen LogP contribution is -2.57. The lowest BCUT2D eigenvalue weighted by molar-refractivity contribution is -0.191. The van der Waals surface area contributed by atoms with E-state index in [1.165, 1.54) is 44.9 Å². The van der Waals surface area contributed by atoms with Crippen molar-refractivity contribution in [3.63, 3.8) is 0 Å². The molecule has 1 aliphatic heterocycles. The summed E-state index contributed by atoms with van der Waals surface area (Å²) in [6, 6.07) is 0. The first-order chi connectivity index (χ1) is 14.4. The van der Waals surface area contributed by atoms with Gasteiger partial charge in [-0.3, -0.25) is 4.68 Å². The predicted octanol–water partition coefficient (Wildman–Crippen LogP) is 4.31. The first-order valence-electron chi connectivity index (χ1n) is 12.5. The Kier molecular flexibility index (Phi) is 4.46. The van der Waals surface area contributed by atoms with Crippen molar-refractivity contribution >= 4 is 0 Å². The van der Waals surface area contributed by atoms with Crippen LogP contribution in [0.1, 0.15) is 71.6 Å². The molecule has 1 saturated heterocycles. The van der Waals surface area contributed by atoms with Crippen LogP contribution in [-0.2, 0) is 11.3 Å². The molecule has 1 aromatic heterocycles. The molecule has 0 amide bonds. The predicted molar refractivity (Wildman–Crippen MR) is 114 cm³/mol. The Labute approximate surface area is 180 Å². The van der Waals surface area contributed by atoms with Gasteiger partial charge in [-0.1, -0.05) is 12.1 Å². The fourth-order valence-electron chi connectivity index (χ4n) is 9.49. The summed E-state index contributed by atoms with van der Waals surface area (Å²) >= 11 is 0. The van der Waals surface area contributed by atoms with E-state index in [0.29, 0.717) is 5.41 Å². The molecule has 1 N–H and O–H groups in total. The second kappa shape index (κ2) is 6.78. The molecule has 4 aliphatic carbocycles. The SMILES string of the molecule is CC1(O)CCC2C(CCC3C2CCC2(C)C3CCC2C2(Cn3ccnn3)COC2)C1. The normalized spacial score (nSPS) is 49.6. The van der Waals surface area contributed by atoms with E-state index in [4.69, 9.17) is 4.74 Å². The molecule has 1 aromatic rings. The molecule has 166 valence electrons. The molecule has 2 heterocycles. The van der Waals surface area contributed by atoms with Crippen LogP contribution in [0.2, 0.25) is 0 Å². The molecular weight excluding hydrogens is 374 g/mol. The highest BCUT2D eigenvalue weighted by Crippen LogP contribution is 2.68. The Hall–Kier alpha value is -0.940. The smallest absolute Gasteiger partial charge is 0.0692 e. The Morgan fingerprint density at radius 2 is 1.83 bits per heavy atom. The van der Waals surface area contributed by atoms with Gasteiger partial charge in [-0.15, -0.1) is 5.10 Å². The largest absolute Gasteiger partial charge is 0.390 e. The van der Waals surface area contributed by atoms with E-state index in [2.05, 4.69) is 24.2 Å². The molecule has 0 radical (unpaired) electrons. The third-order valence-corrected chi connectivity index (χ3v) is 10.7. The number of aliphatic hydroxyl groups is 1. The minimum atomic E-state index is -0.409. The highest BCUT2D eigenvalue weighted by molar-refractivity contribution is 5.11. The van der Waals surface area contributed by atoms with Crippen molar-refractivity contribution in [1.29, 1.82) is 0 Å². The number of ether oxygens (including phenoxy) is 1. The Morgan fingerprint density at radius 3 is 2.57 bits per heavy atom. The van der Waals surface area contributed by atoms with E-state index in [9.17, 15) is 5.11 Å². The maximum absolute atomic E-state index is 10.6. The van der Waals surface area contributed by atoms with Crippen molar-refractivity contribution < 1.29 is 9.84 Å². The van der Waals surface area contributed by atoms with Crippen LogP contribution in [0, 0.1) is 46.3 Å². The standard InChI is InChI=1S/C25H39N3O2/c1-23(29)9-7-18-17(13-23)3-4-20-19(18)8-10-24(2)21(20)5-6-22(24)25(15-30-16-25)14-28-12-11-26-27-28/h11-12,17-22,29H,3-10,13-16H2,1-2H3. The molecule has 5 nitrogen and oxygen atoms in total. The maximum Gasteiger partial charge on any atom is 0.0692 e. The highest BCUT2D eigenvalue weighted by Gasteiger charge is 2.63. The van der Waals surface area contributed by atoms with Gasteiger partial charge in [0.15, 0.2) is 0 Å². The summed E-state index contributed by atoms with van der Waals surface area (Å²) in [6.45, 7) is 7.48. The summed E-state index contributed by atoms with van der Waals surface area (Å²) in [5.74, 6) is 5.12. The summed E-state index contributed by atoms with van der Waals surface area (Å²) in [6.07, 6.45) is 15.5. The van der Waals surface area contributed by atoms with Crippen molar-refractivity contribution in [1.82, 2.24) is 15.0 Å². The Balaban J connectivity index is 1.23. The second-order valence-corrected chi connectivity index (χ2v) is 12.3. The van der Waals surface area contributed by atoms with Gasteiger partial charge in [-0.25, -0.2) is 0 Å². The number of hydrogen-bond acceptors (Lipinski definition) is 4.